The smallest absolute Gasteiger partial charge is 0.257 e. The molecule has 2 aromatic carbocycles. The van der Waals surface area contributed by atoms with Crippen LogP contribution < -0.4 is 20.1 Å². The number of amides is 3. The highest BCUT2D eigenvalue weighted by molar-refractivity contribution is 6.00. The van der Waals surface area contributed by atoms with Crippen molar-refractivity contribution >= 4 is 29.1 Å². The molecule has 0 bridgehead atoms. The molecule has 36 heavy (non-hydrogen) atoms. The first-order valence-corrected chi connectivity index (χ1v) is 12.4. The fourth-order valence-electron chi connectivity index (χ4n) is 4.81. The molecule has 2 heterocycles. The van der Waals surface area contributed by atoms with Gasteiger partial charge in [-0.25, -0.2) is 0 Å². The summed E-state index contributed by atoms with van der Waals surface area (Å²) >= 11 is 0. The minimum Gasteiger partial charge on any atom is -0.497 e. The van der Waals surface area contributed by atoms with Crippen LogP contribution in [0, 0.1) is 5.92 Å². The average molecular weight is 494 g/mol. The van der Waals surface area contributed by atoms with Crippen molar-refractivity contribution in [1.29, 1.82) is 0 Å². The molecule has 0 radical (unpaired) electrons. The van der Waals surface area contributed by atoms with Crippen LogP contribution in [0.2, 0.25) is 0 Å². The number of hydrogen-bond acceptors (Lipinski definition) is 6. The van der Waals surface area contributed by atoms with E-state index in [1.165, 1.54) is 0 Å². The second-order valence-electron chi connectivity index (χ2n) is 9.63. The molecule has 0 spiro atoms. The first-order chi connectivity index (χ1) is 17.4. The molecule has 9 heteroatoms. The van der Waals surface area contributed by atoms with Crippen LogP contribution in [0.1, 0.15) is 42.5 Å². The van der Waals surface area contributed by atoms with Gasteiger partial charge in [0.15, 0.2) is 0 Å². The number of nitrogens with zero attached hydrogens (tertiary/aromatic N) is 1. The Morgan fingerprint density at radius 2 is 1.86 bits per heavy atom. The molecule has 2 aliphatic heterocycles. The lowest BCUT2D eigenvalue weighted by molar-refractivity contribution is -0.130. The van der Waals surface area contributed by atoms with Crippen molar-refractivity contribution in [3.05, 3.63) is 48.0 Å². The van der Waals surface area contributed by atoms with Gasteiger partial charge in [-0.1, -0.05) is 6.07 Å². The molecule has 2 N–H and O–H groups in total. The Labute approximate surface area is 210 Å². The number of likely N-dealkylation sites (N-methyl/N-ethyl adjacent to an activating group) is 1. The molecule has 9 nitrogen and oxygen atoms in total. The Morgan fingerprint density at radius 3 is 2.64 bits per heavy atom. The average Bonchev–Trinajstić information content (AvgIpc) is 3.72. The molecule has 190 valence electrons. The molecule has 2 aromatic rings. The van der Waals surface area contributed by atoms with Gasteiger partial charge in [0.25, 0.3) is 5.91 Å². The summed E-state index contributed by atoms with van der Waals surface area (Å²) in [4.78, 5) is 39.8. The van der Waals surface area contributed by atoms with Gasteiger partial charge < -0.3 is 29.7 Å². The number of ether oxygens (including phenoxy) is 3. The fraction of sp³-hybridized carbons (Fsp3) is 0.444. The second kappa shape index (κ2) is 10.2. The van der Waals surface area contributed by atoms with E-state index in [9.17, 15) is 14.4 Å². The van der Waals surface area contributed by atoms with Crippen LogP contribution in [0.25, 0.3) is 0 Å². The molecular formula is C27H31N3O6. The van der Waals surface area contributed by atoms with Gasteiger partial charge in [0.1, 0.15) is 24.2 Å². The first-order valence-electron chi connectivity index (χ1n) is 12.4. The summed E-state index contributed by atoms with van der Waals surface area (Å²) < 4.78 is 17.5. The van der Waals surface area contributed by atoms with Crippen molar-refractivity contribution < 1.29 is 28.6 Å². The van der Waals surface area contributed by atoms with Crippen LogP contribution in [0.3, 0.4) is 0 Å². The van der Waals surface area contributed by atoms with Gasteiger partial charge in [0, 0.05) is 30.4 Å². The summed E-state index contributed by atoms with van der Waals surface area (Å²) in [6.45, 7) is 0.261. The number of carbonyl (C=O) groups is 3. The van der Waals surface area contributed by atoms with Crippen molar-refractivity contribution in [2.45, 2.75) is 50.4 Å². The summed E-state index contributed by atoms with van der Waals surface area (Å²) in [6.07, 6.45) is 2.74. The Morgan fingerprint density at radius 1 is 1.06 bits per heavy atom. The Hall–Kier alpha value is -3.59. The summed E-state index contributed by atoms with van der Waals surface area (Å²) in [5.41, 5.74) is 1.68. The van der Waals surface area contributed by atoms with Crippen molar-refractivity contribution in [2.24, 2.45) is 5.92 Å². The predicted octanol–water partition coefficient (Wildman–Crippen LogP) is 3.45. The van der Waals surface area contributed by atoms with E-state index < -0.39 is 0 Å². The summed E-state index contributed by atoms with van der Waals surface area (Å²) in [5.74, 6) is 0.865. The largest absolute Gasteiger partial charge is 0.497 e. The minimum atomic E-state index is -0.357. The van der Waals surface area contributed by atoms with Gasteiger partial charge in [-0.15, -0.1) is 0 Å². The zero-order chi connectivity index (χ0) is 25.2. The Bertz CT molecular complexity index is 1160. The van der Waals surface area contributed by atoms with Gasteiger partial charge in [-0.3, -0.25) is 14.4 Å². The standard InChI is InChI=1S/C27H31N3O6/c1-30-22-10-9-20(14-25(31)28-17-4-3-5-19(12-17)34-2)36-24(22)15-35-23-11-8-18(13-21(23)27(30)33)29-26(32)16-6-7-16/h3-5,8,11-13,16,20,22,24H,6-7,9-10,14-15H2,1-2H3,(H,28,31)(H,29,32)/t20-,22+,24-/m0/s1. The van der Waals surface area contributed by atoms with E-state index in [1.807, 2.05) is 18.2 Å². The number of rotatable bonds is 6. The third-order valence-electron chi connectivity index (χ3n) is 6.99. The van der Waals surface area contributed by atoms with Gasteiger partial charge in [0.2, 0.25) is 11.8 Å². The first kappa shape index (κ1) is 24.1. The molecule has 3 aliphatic rings. The Kier molecular flexibility index (Phi) is 6.82. The number of nitrogens with one attached hydrogen (secondary N) is 2. The summed E-state index contributed by atoms with van der Waals surface area (Å²) in [5, 5.41) is 5.79. The van der Waals surface area contributed by atoms with E-state index in [-0.39, 0.29) is 54.9 Å². The molecule has 0 aromatic heterocycles. The normalized spacial score (nSPS) is 23.3. The highest BCUT2D eigenvalue weighted by Gasteiger charge is 2.39. The van der Waals surface area contributed by atoms with Crippen molar-refractivity contribution in [3.63, 3.8) is 0 Å². The number of fused-ring (bicyclic) bond motifs is 2. The van der Waals surface area contributed by atoms with Crippen LogP contribution in [-0.2, 0) is 14.3 Å². The van der Waals surface area contributed by atoms with Crippen LogP contribution in [0.5, 0.6) is 11.5 Å². The van der Waals surface area contributed by atoms with Crippen LogP contribution in [0.15, 0.2) is 42.5 Å². The molecule has 3 amide bonds. The van der Waals surface area contributed by atoms with Crippen LogP contribution >= 0.6 is 0 Å². The third kappa shape index (κ3) is 5.31. The van der Waals surface area contributed by atoms with E-state index in [0.717, 1.165) is 12.8 Å². The maximum Gasteiger partial charge on any atom is 0.257 e. The van der Waals surface area contributed by atoms with Gasteiger partial charge in [-0.2, -0.15) is 0 Å². The number of anilines is 2. The van der Waals surface area contributed by atoms with Gasteiger partial charge >= 0.3 is 0 Å². The third-order valence-corrected chi connectivity index (χ3v) is 6.99. The number of hydrogen-bond donors (Lipinski definition) is 2. The van der Waals surface area contributed by atoms with Gasteiger partial charge in [0.05, 0.1) is 31.2 Å². The Balaban J connectivity index is 1.23. The van der Waals surface area contributed by atoms with Crippen molar-refractivity contribution in [1.82, 2.24) is 4.90 Å². The monoisotopic (exact) mass is 493 g/mol. The van der Waals surface area contributed by atoms with Crippen LogP contribution in [-0.4, -0.2) is 61.6 Å². The number of methoxy groups -OCH3 is 1. The maximum atomic E-state index is 13.3. The summed E-state index contributed by atoms with van der Waals surface area (Å²) in [7, 11) is 3.35. The highest BCUT2D eigenvalue weighted by atomic mass is 16.5. The van der Waals surface area contributed by atoms with Crippen LogP contribution in [0.4, 0.5) is 11.4 Å². The number of benzene rings is 2. The summed E-state index contributed by atoms with van der Waals surface area (Å²) in [6, 6.07) is 12.2. The molecule has 1 saturated carbocycles. The molecule has 0 unspecified atom stereocenters. The lowest BCUT2D eigenvalue weighted by Crippen LogP contribution is -2.53. The van der Waals surface area contributed by atoms with E-state index in [1.54, 1.807) is 43.3 Å². The van der Waals surface area contributed by atoms with Crippen molar-refractivity contribution in [3.8, 4) is 11.5 Å². The minimum absolute atomic E-state index is 0.00950. The lowest BCUT2D eigenvalue weighted by Gasteiger charge is -2.42. The van der Waals surface area contributed by atoms with E-state index in [4.69, 9.17) is 14.2 Å². The SMILES string of the molecule is COc1cccc(NC(=O)C[C@@H]2CC[C@@H]3[C@H](COc4ccc(NC(=O)C5CC5)cc4C(=O)N3C)O2)c1. The molecule has 5 rings (SSSR count). The second-order valence-corrected chi connectivity index (χ2v) is 9.63. The van der Waals surface area contributed by atoms with E-state index in [0.29, 0.717) is 41.3 Å². The zero-order valence-corrected chi connectivity index (χ0v) is 20.5. The number of carbonyl (C=O) groups excluding carboxylic acids is 3. The fourth-order valence-corrected chi connectivity index (χ4v) is 4.81. The van der Waals surface area contributed by atoms with E-state index >= 15 is 0 Å². The molecule has 1 saturated heterocycles. The highest BCUT2D eigenvalue weighted by Crippen LogP contribution is 2.34. The molecule has 3 atom stereocenters. The molecular weight excluding hydrogens is 462 g/mol. The topological polar surface area (TPSA) is 106 Å². The van der Waals surface area contributed by atoms with E-state index in [2.05, 4.69) is 10.6 Å². The van der Waals surface area contributed by atoms with Crippen molar-refractivity contribution in [2.75, 3.05) is 31.4 Å². The maximum absolute atomic E-state index is 13.3. The van der Waals surface area contributed by atoms with Gasteiger partial charge in [-0.05, 0) is 56.0 Å². The molecule has 2 fully saturated rings. The quantitative estimate of drug-likeness (QED) is 0.639. The lowest BCUT2D eigenvalue weighted by atomic mass is 9.94. The predicted molar refractivity (Wildman–Crippen MR) is 133 cm³/mol. The molecule has 1 aliphatic carbocycles. The zero-order valence-electron chi connectivity index (χ0n) is 20.5.